The van der Waals surface area contributed by atoms with Gasteiger partial charge in [0.15, 0.2) is 12.6 Å². The van der Waals surface area contributed by atoms with Crippen LogP contribution >= 0.6 is 0 Å². The van der Waals surface area contributed by atoms with Crippen molar-refractivity contribution in [2.45, 2.75) is 135 Å². The Labute approximate surface area is 401 Å². The average molecular weight is 982 g/mol. The summed E-state index contributed by atoms with van der Waals surface area (Å²) in [5.74, 6) is 0.558. The number of nitrogens with one attached hydrogen (secondary N) is 1. The zero-order valence-electron chi connectivity index (χ0n) is 41.2. The Morgan fingerprint density at radius 1 is 0.942 bits per heavy atom. The zero-order valence-corrected chi connectivity index (χ0v) is 42.2. The molecule has 2 aromatic heterocycles. The van der Waals surface area contributed by atoms with Gasteiger partial charge in [0.05, 0.1) is 23.0 Å². The number of alkyl halides is 3. The molecule has 3 atom stereocenters. The Morgan fingerprint density at radius 3 is 2.25 bits per heavy atom. The van der Waals surface area contributed by atoms with E-state index in [0.29, 0.717) is 48.4 Å². The fourth-order valence-electron chi connectivity index (χ4n) is 10.7. The lowest BCUT2D eigenvalue weighted by Crippen LogP contribution is -2.57. The van der Waals surface area contributed by atoms with Gasteiger partial charge in [0, 0.05) is 56.5 Å². The number of likely N-dealkylation sites (tertiary alicyclic amines) is 1. The molecule has 0 saturated carbocycles. The number of carbonyl (C=O) groups excluding carboxylic acids is 2. The van der Waals surface area contributed by atoms with Gasteiger partial charge in [-0.2, -0.15) is 23.1 Å². The zero-order chi connectivity index (χ0) is 50.2. The molecule has 3 saturated heterocycles. The van der Waals surface area contributed by atoms with Gasteiger partial charge < -0.3 is 29.2 Å². The SMILES string of the molecule is COCOc1cc(-c2ncc3c(N4CC5CCC(C4)N5C(=O)OC(C)(C)C)nc(OC[C@@H]4CCCN4CCNC(=O)C(F)(F)F)nc3c2F)c2c(C#C[Si](C(C)C)(C(C)C)C(C)C)c(F)ccc2c1. The molecule has 2 unspecified atom stereocenters. The normalized spacial score (nSPS) is 19.0. The van der Waals surface area contributed by atoms with Gasteiger partial charge in [0.2, 0.25) is 0 Å². The molecule has 4 aromatic rings. The highest BCUT2D eigenvalue weighted by Gasteiger charge is 2.46. The minimum Gasteiger partial charge on any atom is -0.468 e. The summed E-state index contributed by atoms with van der Waals surface area (Å²) in [6.45, 7) is 19.6. The number of hydrogen-bond acceptors (Lipinski definition) is 11. The number of hydrogen-bond donors (Lipinski definition) is 1. The Balaban J connectivity index is 1.34. The number of halogens is 5. The van der Waals surface area contributed by atoms with E-state index < -0.39 is 43.5 Å². The number of benzene rings is 2. The van der Waals surface area contributed by atoms with Crippen LogP contribution in [0.2, 0.25) is 16.6 Å². The van der Waals surface area contributed by atoms with Crippen molar-refractivity contribution in [2.75, 3.05) is 58.1 Å². The van der Waals surface area contributed by atoms with Gasteiger partial charge in [-0.25, -0.2) is 13.6 Å². The monoisotopic (exact) mass is 981 g/mol. The van der Waals surface area contributed by atoms with E-state index in [2.05, 4.69) is 58.0 Å². The molecule has 0 radical (unpaired) electrons. The first-order valence-electron chi connectivity index (χ1n) is 23.8. The van der Waals surface area contributed by atoms with Crippen molar-refractivity contribution in [3.05, 3.63) is 47.7 Å². The summed E-state index contributed by atoms with van der Waals surface area (Å²) in [4.78, 5) is 44.9. The fourth-order valence-corrected chi connectivity index (χ4v) is 15.9. The van der Waals surface area contributed by atoms with E-state index in [1.807, 2.05) is 35.9 Å². The molecule has 3 aliphatic rings. The topological polar surface area (TPSA) is 131 Å². The van der Waals surface area contributed by atoms with Crippen LogP contribution in [0.4, 0.5) is 32.6 Å². The van der Waals surface area contributed by atoms with Crippen molar-refractivity contribution in [1.29, 1.82) is 0 Å². The van der Waals surface area contributed by atoms with Crippen LogP contribution in [0.15, 0.2) is 30.5 Å². The van der Waals surface area contributed by atoms with Gasteiger partial charge in [-0.1, -0.05) is 53.5 Å². The van der Waals surface area contributed by atoms with Gasteiger partial charge in [-0.15, -0.1) is 5.54 Å². The first-order valence-corrected chi connectivity index (χ1v) is 26.0. The molecule has 374 valence electrons. The van der Waals surface area contributed by atoms with Crippen LogP contribution in [0, 0.1) is 23.1 Å². The molecule has 3 fully saturated rings. The van der Waals surface area contributed by atoms with Crippen LogP contribution in [-0.4, -0.2) is 128 Å². The maximum absolute atomic E-state index is 17.9. The number of aromatic nitrogens is 3. The molecule has 5 heterocycles. The lowest BCUT2D eigenvalue weighted by Gasteiger charge is -2.42. The molecular formula is C50H64F5N7O6Si. The van der Waals surface area contributed by atoms with Gasteiger partial charge in [-0.3, -0.25) is 19.6 Å². The number of fused-ring (bicyclic) bond motifs is 4. The lowest BCUT2D eigenvalue weighted by molar-refractivity contribution is -0.173. The molecule has 2 amide bonds. The largest absolute Gasteiger partial charge is 0.471 e. The highest BCUT2D eigenvalue weighted by molar-refractivity contribution is 6.90. The van der Waals surface area contributed by atoms with E-state index in [4.69, 9.17) is 28.9 Å². The first kappa shape index (κ1) is 51.5. The molecular weight excluding hydrogens is 918 g/mol. The quantitative estimate of drug-likeness (QED) is 0.0561. The third kappa shape index (κ3) is 10.9. The number of amides is 2. The second-order valence-electron chi connectivity index (χ2n) is 20.3. The number of ether oxygens (including phenoxy) is 4. The molecule has 1 N–H and O–H groups in total. The molecule has 2 aromatic carbocycles. The van der Waals surface area contributed by atoms with Crippen molar-refractivity contribution < 1.29 is 50.5 Å². The van der Waals surface area contributed by atoms with Gasteiger partial charge in [0.1, 0.15) is 48.9 Å². The minimum atomic E-state index is -4.99. The second kappa shape index (κ2) is 20.6. The molecule has 69 heavy (non-hydrogen) atoms. The van der Waals surface area contributed by atoms with E-state index >= 15 is 8.78 Å². The van der Waals surface area contributed by atoms with E-state index in [1.54, 1.807) is 23.1 Å². The summed E-state index contributed by atoms with van der Waals surface area (Å²) in [6.07, 6.45) is -1.07. The van der Waals surface area contributed by atoms with E-state index in [-0.39, 0.29) is 95.0 Å². The molecule has 13 nitrogen and oxygen atoms in total. The van der Waals surface area contributed by atoms with Crippen molar-refractivity contribution >= 4 is 47.6 Å². The molecule has 0 spiro atoms. The average Bonchev–Trinajstić information content (AvgIpc) is 3.84. The molecule has 0 aliphatic carbocycles. The summed E-state index contributed by atoms with van der Waals surface area (Å²) >= 11 is 0. The molecule has 7 rings (SSSR count). The maximum atomic E-state index is 17.9. The first-order chi connectivity index (χ1) is 32.5. The van der Waals surface area contributed by atoms with Crippen molar-refractivity contribution in [1.82, 2.24) is 30.1 Å². The van der Waals surface area contributed by atoms with Crippen LogP contribution in [0.25, 0.3) is 32.9 Å². The number of nitrogens with zero attached hydrogens (tertiary/aromatic N) is 6. The smallest absolute Gasteiger partial charge is 0.468 e. The Hall–Kier alpha value is -5.32. The summed E-state index contributed by atoms with van der Waals surface area (Å²) in [5, 5.41) is 3.10. The van der Waals surface area contributed by atoms with Crippen LogP contribution in [0.1, 0.15) is 93.6 Å². The minimum absolute atomic E-state index is 0.0220. The third-order valence-corrected chi connectivity index (χ3v) is 20.1. The number of rotatable bonds is 14. The second-order valence-corrected chi connectivity index (χ2v) is 25.9. The standard InChI is InChI=1S/C50H64F5N7O6Si/c1-29(2)69(30(3)4,31(5)6)21-17-37-40(51)16-13-32-22-36(67-28-65-10)23-38(41(32)37)43-42(52)44-39(24-57-43)45(61-25-33-14-15-34(26-61)62(33)48(64)68-49(7,8)9)59-47(58-44)66-27-35-12-11-19-60(35)20-18-56-46(63)50(53,54)55/h13,16,22-24,29-31,33-35H,11-12,14-15,18-20,25-28H2,1-10H3,(H,56,63)/t33?,34?,35-/m0/s1. The number of methoxy groups -OCH3 is 1. The van der Waals surface area contributed by atoms with Gasteiger partial charge in [0.25, 0.3) is 0 Å². The summed E-state index contributed by atoms with van der Waals surface area (Å²) < 4.78 is 96.1. The molecule has 2 bridgehead atoms. The summed E-state index contributed by atoms with van der Waals surface area (Å²) in [7, 11) is -0.895. The van der Waals surface area contributed by atoms with Gasteiger partial charge >= 0.3 is 24.2 Å². The third-order valence-electron chi connectivity index (χ3n) is 13.8. The Kier molecular flexibility index (Phi) is 15.4. The van der Waals surface area contributed by atoms with Crippen LogP contribution < -0.4 is 19.7 Å². The Bertz CT molecular complexity index is 2580. The van der Waals surface area contributed by atoms with Crippen LogP contribution in [0.3, 0.4) is 0 Å². The molecule has 3 aliphatic heterocycles. The predicted octanol–water partition coefficient (Wildman–Crippen LogP) is 9.79. The number of pyridine rings is 1. The molecule has 19 heteroatoms. The van der Waals surface area contributed by atoms with E-state index in [0.717, 1.165) is 19.3 Å². The highest BCUT2D eigenvalue weighted by atomic mass is 28.3. The number of carbonyl (C=O) groups is 2. The highest BCUT2D eigenvalue weighted by Crippen LogP contribution is 2.43. The van der Waals surface area contributed by atoms with Crippen LogP contribution in [0.5, 0.6) is 11.8 Å². The van der Waals surface area contributed by atoms with Crippen molar-refractivity contribution in [2.24, 2.45) is 0 Å². The predicted molar refractivity (Wildman–Crippen MR) is 257 cm³/mol. The van der Waals surface area contributed by atoms with Crippen molar-refractivity contribution in [3.8, 4) is 34.5 Å². The summed E-state index contributed by atoms with van der Waals surface area (Å²) in [6, 6.07) is 5.42. The number of piperazine rings is 1. The number of anilines is 1. The van der Waals surface area contributed by atoms with E-state index in [1.165, 1.54) is 19.4 Å². The summed E-state index contributed by atoms with van der Waals surface area (Å²) in [5.41, 5.74) is 3.81. The fraction of sp³-hybridized carbons (Fsp3) is 0.580. The lowest BCUT2D eigenvalue weighted by atomic mass is 9.95. The van der Waals surface area contributed by atoms with E-state index in [9.17, 15) is 22.8 Å². The maximum Gasteiger partial charge on any atom is 0.471 e. The van der Waals surface area contributed by atoms with Crippen LogP contribution in [-0.2, 0) is 14.3 Å². The van der Waals surface area contributed by atoms with Gasteiger partial charge in [-0.05, 0) is 93.2 Å². The van der Waals surface area contributed by atoms with Crippen molar-refractivity contribution in [3.63, 3.8) is 0 Å². The Morgan fingerprint density at radius 2 is 1.62 bits per heavy atom.